The first kappa shape index (κ1) is 14.4. The van der Waals surface area contributed by atoms with Gasteiger partial charge in [-0.1, -0.05) is 0 Å². The SMILES string of the molecule is COCCN(C)CCNc1ncc(C)cc1Br. The molecule has 0 bridgehead atoms. The molecule has 0 fully saturated rings. The molecule has 1 heterocycles. The van der Waals surface area contributed by atoms with Crippen LogP contribution in [-0.2, 0) is 4.74 Å². The summed E-state index contributed by atoms with van der Waals surface area (Å²) in [6.07, 6.45) is 1.86. The van der Waals surface area contributed by atoms with Gasteiger partial charge in [0.1, 0.15) is 5.82 Å². The Morgan fingerprint density at radius 1 is 1.47 bits per heavy atom. The normalized spacial score (nSPS) is 10.9. The number of pyridine rings is 1. The number of ether oxygens (including phenoxy) is 1. The Morgan fingerprint density at radius 3 is 2.88 bits per heavy atom. The quantitative estimate of drug-likeness (QED) is 0.837. The summed E-state index contributed by atoms with van der Waals surface area (Å²) in [5.41, 5.74) is 1.15. The van der Waals surface area contributed by atoms with Crippen molar-refractivity contribution in [3.8, 4) is 0 Å². The average molecular weight is 302 g/mol. The van der Waals surface area contributed by atoms with Crippen LogP contribution in [0.2, 0.25) is 0 Å². The standard InChI is InChI=1S/C12H20BrN3O/c1-10-8-11(13)12(15-9-10)14-4-5-16(2)6-7-17-3/h8-9H,4-7H2,1-3H3,(H,14,15). The average Bonchev–Trinajstić information content (AvgIpc) is 2.29. The first-order chi connectivity index (χ1) is 8.13. The topological polar surface area (TPSA) is 37.4 Å². The lowest BCUT2D eigenvalue weighted by Crippen LogP contribution is -2.28. The summed E-state index contributed by atoms with van der Waals surface area (Å²) in [6, 6.07) is 2.06. The highest BCUT2D eigenvalue weighted by Crippen LogP contribution is 2.19. The molecule has 0 radical (unpaired) electrons. The molecule has 0 aliphatic rings. The van der Waals surface area contributed by atoms with Crippen LogP contribution >= 0.6 is 15.9 Å². The maximum atomic E-state index is 5.03. The predicted molar refractivity (Wildman–Crippen MR) is 74.5 cm³/mol. The minimum absolute atomic E-state index is 0.767. The van der Waals surface area contributed by atoms with E-state index >= 15 is 0 Å². The van der Waals surface area contributed by atoms with Crippen LogP contribution in [0.5, 0.6) is 0 Å². The second-order valence-electron chi connectivity index (χ2n) is 4.07. The highest BCUT2D eigenvalue weighted by molar-refractivity contribution is 9.10. The Morgan fingerprint density at radius 2 is 2.24 bits per heavy atom. The van der Waals surface area contributed by atoms with E-state index in [0.29, 0.717) is 0 Å². The molecule has 0 atom stereocenters. The molecule has 1 aromatic rings. The minimum Gasteiger partial charge on any atom is -0.383 e. The lowest BCUT2D eigenvalue weighted by atomic mass is 10.3. The van der Waals surface area contributed by atoms with Gasteiger partial charge in [0.25, 0.3) is 0 Å². The van der Waals surface area contributed by atoms with Gasteiger partial charge in [-0.2, -0.15) is 0 Å². The van der Waals surface area contributed by atoms with Gasteiger partial charge < -0.3 is 15.0 Å². The summed E-state index contributed by atoms with van der Waals surface area (Å²) in [4.78, 5) is 6.56. The molecule has 96 valence electrons. The Balaban J connectivity index is 2.30. The maximum absolute atomic E-state index is 5.03. The van der Waals surface area contributed by atoms with Gasteiger partial charge in [0.2, 0.25) is 0 Å². The van der Waals surface area contributed by atoms with Gasteiger partial charge in [-0.15, -0.1) is 0 Å². The van der Waals surface area contributed by atoms with E-state index in [1.807, 2.05) is 13.1 Å². The van der Waals surface area contributed by atoms with E-state index in [2.05, 4.69) is 44.2 Å². The summed E-state index contributed by atoms with van der Waals surface area (Å²) in [7, 11) is 3.80. The van der Waals surface area contributed by atoms with Crippen LogP contribution in [0.3, 0.4) is 0 Å². The molecule has 0 aliphatic heterocycles. The number of aromatic nitrogens is 1. The van der Waals surface area contributed by atoms with Crippen LogP contribution in [-0.4, -0.2) is 50.3 Å². The highest BCUT2D eigenvalue weighted by Gasteiger charge is 2.02. The Labute approximate surface area is 111 Å². The molecule has 0 aliphatic carbocycles. The lowest BCUT2D eigenvalue weighted by molar-refractivity contribution is 0.163. The number of nitrogens with zero attached hydrogens (tertiary/aromatic N) is 2. The molecule has 0 spiro atoms. The number of rotatable bonds is 7. The van der Waals surface area contributed by atoms with Crippen molar-refractivity contribution in [2.24, 2.45) is 0 Å². The Bertz CT molecular complexity index is 347. The van der Waals surface area contributed by atoms with E-state index in [9.17, 15) is 0 Å². The zero-order chi connectivity index (χ0) is 12.7. The first-order valence-electron chi connectivity index (χ1n) is 5.67. The summed E-state index contributed by atoms with van der Waals surface area (Å²) in [5, 5.41) is 3.31. The molecule has 0 saturated carbocycles. The fourth-order valence-corrected chi connectivity index (χ4v) is 1.99. The second-order valence-corrected chi connectivity index (χ2v) is 4.92. The van der Waals surface area contributed by atoms with E-state index < -0.39 is 0 Å². The van der Waals surface area contributed by atoms with Crippen LogP contribution in [0.4, 0.5) is 5.82 Å². The van der Waals surface area contributed by atoms with Gasteiger partial charge in [-0.25, -0.2) is 4.98 Å². The van der Waals surface area contributed by atoms with Gasteiger partial charge in [0, 0.05) is 32.9 Å². The van der Waals surface area contributed by atoms with Crippen molar-refractivity contribution in [3.63, 3.8) is 0 Å². The Kier molecular flexibility index (Phi) is 6.47. The number of hydrogen-bond acceptors (Lipinski definition) is 4. The third-order valence-corrected chi connectivity index (χ3v) is 3.05. The maximum Gasteiger partial charge on any atom is 0.140 e. The fraction of sp³-hybridized carbons (Fsp3) is 0.583. The number of methoxy groups -OCH3 is 1. The number of anilines is 1. The highest BCUT2D eigenvalue weighted by atomic mass is 79.9. The molecule has 0 aromatic carbocycles. The van der Waals surface area contributed by atoms with Gasteiger partial charge in [0.15, 0.2) is 0 Å². The molecule has 1 aromatic heterocycles. The summed E-state index contributed by atoms with van der Waals surface area (Å²) in [5.74, 6) is 0.899. The summed E-state index contributed by atoms with van der Waals surface area (Å²) < 4.78 is 6.04. The van der Waals surface area contributed by atoms with Crippen molar-refractivity contribution in [2.75, 3.05) is 45.7 Å². The molecule has 1 rings (SSSR count). The van der Waals surface area contributed by atoms with Crippen molar-refractivity contribution < 1.29 is 4.74 Å². The van der Waals surface area contributed by atoms with Crippen molar-refractivity contribution in [1.82, 2.24) is 9.88 Å². The van der Waals surface area contributed by atoms with Gasteiger partial charge in [-0.05, 0) is 41.5 Å². The van der Waals surface area contributed by atoms with Gasteiger partial charge >= 0.3 is 0 Å². The van der Waals surface area contributed by atoms with E-state index in [1.54, 1.807) is 7.11 Å². The van der Waals surface area contributed by atoms with Crippen LogP contribution in [0.25, 0.3) is 0 Å². The van der Waals surface area contributed by atoms with Crippen LogP contribution in [0.15, 0.2) is 16.7 Å². The molecule has 1 N–H and O–H groups in total. The largest absolute Gasteiger partial charge is 0.383 e. The van der Waals surface area contributed by atoms with Crippen molar-refractivity contribution in [3.05, 3.63) is 22.3 Å². The Hall–Kier alpha value is -0.650. The van der Waals surface area contributed by atoms with E-state index in [4.69, 9.17) is 4.74 Å². The summed E-state index contributed by atoms with van der Waals surface area (Å²) >= 11 is 3.50. The zero-order valence-corrected chi connectivity index (χ0v) is 12.2. The van der Waals surface area contributed by atoms with Crippen LogP contribution < -0.4 is 5.32 Å². The molecule has 0 saturated heterocycles. The number of likely N-dealkylation sites (N-methyl/N-ethyl adjacent to an activating group) is 1. The monoisotopic (exact) mass is 301 g/mol. The molecule has 0 unspecified atom stereocenters. The first-order valence-corrected chi connectivity index (χ1v) is 6.46. The number of aryl methyl sites for hydroxylation is 1. The molecular weight excluding hydrogens is 282 g/mol. The van der Waals surface area contributed by atoms with E-state index in [1.165, 1.54) is 0 Å². The molecule has 4 nitrogen and oxygen atoms in total. The van der Waals surface area contributed by atoms with Gasteiger partial charge in [0.05, 0.1) is 11.1 Å². The third kappa shape index (κ3) is 5.48. The van der Waals surface area contributed by atoms with Crippen LogP contribution in [0, 0.1) is 6.92 Å². The predicted octanol–water partition coefficient (Wildman–Crippen LogP) is 2.14. The number of hydrogen-bond donors (Lipinski definition) is 1. The molecule has 5 heteroatoms. The molecule has 0 amide bonds. The second kappa shape index (κ2) is 7.63. The summed E-state index contributed by atoms with van der Waals surface area (Å²) in [6.45, 7) is 5.57. The molecule has 17 heavy (non-hydrogen) atoms. The van der Waals surface area contributed by atoms with Crippen LogP contribution in [0.1, 0.15) is 5.56 Å². The smallest absolute Gasteiger partial charge is 0.140 e. The van der Waals surface area contributed by atoms with Crippen molar-refractivity contribution >= 4 is 21.7 Å². The number of nitrogens with one attached hydrogen (secondary N) is 1. The number of halogens is 1. The van der Waals surface area contributed by atoms with E-state index in [0.717, 1.165) is 42.1 Å². The zero-order valence-electron chi connectivity index (χ0n) is 10.7. The van der Waals surface area contributed by atoms with E-state index in [-0.39, 0.29) is 0 Å². The van der Waals surface area contributed by atoms with Crippen molar-refractivity contribution in [2.45, 2.75) is 6.92 Å². The lowest BCUT2D eigenvalue weighted by Gasteiger charge is -2.16. The van der Waals surface area contributed by atoms with Gasteiger partial charge in [-0.3, -0.25) is 0 Å². The third-order valence-electron chi connectivity index (χ3n) is 2.44. The fourth-order valence-electron chi connectivity index (χ4n) is 1.39. The molecular formula is C12H20BrN3O. The minimum atomic E-state index is 0.767. The van der Waals surface area contributed by atoms with Crippen molar-refractivity contribution in [1.29, 1.82) is 0 Å².